The molecule has 2 nitrogen and oxygen atoms in total. The average Bonchev–Trinajstić information content (AvgIpc) is 2.81. The molecule has 0 aliphatic carbocycles. The van der Waals surface area contributed by atoms with Gasteiger partial charge in [0.15, 0.2) is 11.5 Å². The molecule has 1 heterocycles. The van der Waals surface area contributed by atoms with E-state index in [1.807, 2.05) is 19.1 Å². The molecule has 1 aromatic carbocycles. The maximum Gasteiger partial charge on any atom is 0.197 e. The van der Waals surface area contributed by atoms with Gasteiger partial charge in [0.25, 0.3) is 0 Å². The van der Waals surface area contributed by atoms with Crippen molar-refractivity contribution in [3.05, 3.63) is 45.6 Å². The van der Waals surface area contributed by atoms with Gasteiger partial charge in [-0.1, -0.05) is 18.5 Å². The molecule has 0 N–H and O–H groups in total. The summed E-state index contributed by atoms with van der Waals surface area (Å²) in [6.45, 7) is 1.81. The molecule has 0 unspecified atom stereocenters. The van der Waals surface area contributed by atoms with Crippen molar-refractivity contribution in [2.45, 2.75) is 13.3 Å². The molecule has 88 valence electrons. The molecule has 0 spiro atoms. The quantitative estimate of drug-likeness (QED) is 0.750. The number of rotatable bonds is 3. The number of carbonyl (C=O) groups is 1. The van der Waals surface area contributed by atoms with Gasteiger partial charge in [-0.3, -0.25) is 4.79 Å². The molecule has 0 aliphatic heterocycles. The summed E-state index contributed by atoms with van der Waals surface area (Å²) in [4.78, 5) is 11.5. The van der Waals surface area contributed by atoms with Crippen LogP contribution < -0.4 is 0 Å². The van der Waals surface area contributed by atoms with Gasteiger partial charge in [-0.2, -0.15) is 0 Å². The Morgan fingerprint density at radius 3 is 2.76 bits per heavy atom. The highest BCUT2D eigenvalue weighted by molar-refractivity contribution is 9.10. The van der Waals surface area contributed by atoms with E-state index in [1.165, 1.54) is 0 Å². The zero-order valence-corrected chi connectivity index (χ0v) is 11.5. The van der Waals surface area contributed by atoms with Crippen LogP contribution in [0.5, 0.6) is 0 Å². The van der Waals surface area contributed by atoms with Crippen LogP contribution in [-0.2, 0) is 0 Å². The van der Waals surface area contributed by atoms with Crippen LogP contribution in [0.2, 0.25) is 5.02 Å². The van der Waals surface area contributed by atoms with Crippen molar-refractivity contribution in [2.24, 2.45) is 0 Å². The fraction of sp³-hybridized carbons (Fsp3) is 0.154. The van der Waals surface area contributed by atoms with E-state index in [0.29, 0.717) is 23.0 Å². The van der Waals surface area contributed by atoms with Gasteiger partial charge in [0.05, 0.1) is 5.02 Å². The Kier molecular flexibility index (Phi) is 3.69. The van der Waals surface area contributed by atoms with E-state index in [9.17, 15) is 4.79 Å². The predicted molar refractivity (Wildman–Crippen MR) is 71.5 cm³/mol. The van der Waals surface area contributed by atoms with E-state index in [0.717, 1.165) is 10.0 Å². The molecular weight excluding hydrogens is 303 g/mol. The molecule has 4 heteroatoms. The minimum atomic E-state index is 0.00396. The van der Waals surface area contributed by atoms with Crippen LogP contribution >= 0.6 is 27.5 Å². The van der Waals surface area contributed by atoms with E-state index >= 15 is 0 Å². The number of Topliss-reactive ketones (excluding diaryl/α,β-unsaturated/α-hetero) is 1. The molecule has 0 saturated heterocycles. The van der Waals surface area contributed by atoms with Gasteiger partial charge in [-0.05, 0) is 46.3 Å². The van der Waals surface area contributed by atoms with Crippen molar-refractivity contribution in [1.29, 1.82) is 0 Å². The zero-order chi connectivity index (χ0) is 12.4. The number of halogens is 2. The largest absolute Gasteiger partial charge is 0.453 e. The molecule has 2 aromatic rings. The third-order valence-corrected chi connectivity index (χ3v) is 3.62. The second kappa shape index (κ2) is 5.07. The molecule has 0 atom stereocenters. The van der Waals surface area contributed by atoms with Gasteiger partial charge in [-0.15, -0.1) is 0 Å². The molecule has 1 aromatic heterocycles. The van der Waals surface area contributed by atoms with Crippen molar-refractivity contribution in [3.8, 4) is 11.3 Å². The minimum Gasteiger partial charge on any atom is -0.453 e. The number of furan rings is 1. The topological polar surface area (TPSA) is 30.2 Å². The van der Waals surface area contributed by atoms with Crippen LogP contribution in [0.25, 0.3) is 11.3 Å². The third-order valence-electron chi connectivity index (χ3n) is 2.41. The van der Waals surface area contributed by atoms with Crippen LogP contribution in [0.3, 0.4) is 0 Å². The van der Waals surface area contributed by atoms with Crippen LogP contribution in [0.4, 0.5) is 0 Å². The van der Waals surface area contributed by atoms with Gasteiger partial charge in [0.1, 0.15) is 5.76 Å². The summed E-state index contributed by atoms with van der Waals surface area (Å²) in [6.07, 6.45) is 0.442. The van der Waals surface area contributed by atoms with Crippen LogP contribution in [-0.4, -0.2) is 5.78 Å². The highest BCUT2D eigenvalue weighted by atomic mass is 79.9. The summed E-state index contributed by atoms with van der Waals surface area (Å²) in [5.41, 5.74) is 0.886. The molecule has 17 heavy (non-hydrogen) atoms. The molecule has 0 amide bonds. The van der Waals surface area contributed by atoms with Gasteiger partial charge in [-0.25, -0.2) is 0 Å². The number of carbonyl (C=O) groups excluding carboxylic acids is 1. The Morgan fingerprint density at radius 1 is 1.35 bits per heavy atom. The van der Waals surface area contributed by atoms with Crippen molar-refractivity contribution in [3.63, 3.8) is 0 Å². The number of benzene rings is 1. The predicted octanol–water partition coefficient (Wildman–Crippen LogP) is 4.96. The van der Waals surface area contributed by atoms with Gasteiger partial charge < -0.3 is 4.42 Å². The number of hydrogen-bond acceptors (Lipinski definition) is 2. The van der Waals surface area contributed by atoms with E-state index < -0.39 is 0 Å². The molecule has 0 saturated carbocycles. The first-order chi connectivity index (χ1) is 8.11. The lowest BCUT2D eigenvalue weighted by Crippen LogP contribution is -1.92. The third kappa shape index (κ3) is 2.61. The SMILES string of the molecule is CCC(=O)c1ccc(-c2ccc(Cl)c(Br)c2)o1. The fourth-order valence-corrected chi connectivity index (χ4v) is 1.96. The average molecular weight is 314 g/mol. The lowest BCUT2D eigenvalue weighted by atomic mass is 10.2. The van der Waals surface area contributed by atoms with E-state index in [-0.39, 0.29) is 5.78 Å². The van der Waals surface area contributed by atoms with Crippen LogP contribution in [0.1, 0.15) is 23.9 Å². The highest BCUT2D eigenvalue weighted by Gasteiger charge is 2.11. The smallest absolute Gasteiger partial charge is 0.197 e. The van der Waals surface area contributed by atoms with Crippen molar-refractivity contribution >= 4 is 33.3 Å². The van der Waals surface area contributed by atoms with Crippen molar-refractivity contribution in [2.75, 3.05) is 0 Å². The van der Waals surface area contributed by atoms with Crippen LogP contribution in [0.15, 0.2) is 39.2 Å². The monoisotopic (exact) mass is 312 g/mol. The molecule has 0 bridgehead atoms. The first-order valence-electron chi connectivity index (χ1n) is 5.20. The minimum absolute atomic E-state index is 0.00396. The molecule has 0 radical (unpaired) electrons. The Labute approximate surface area is 113 Å². The maximum absolute atomic E-state index is 11.5. The van der Waals surface area contributed by atoms with E-state index in [2.05, 4.69) is 15.9 Å². The Bertz CT molecular complexity index is 560. The second-order valence-corrected chi connectivity index (χ2v) is 4.83. The number of ketones is 1. The van der Waals surface area contributed by atoms with Gasteiger partial charge in [0.2, 0.25) is 0 Å². The van der Waals surface area contributed by atoms with Gasteiger partial charge >= 0.3 is 0 Å². The Balaban J connectivity index is 2.37. The van der Waals surface area contributed by atoms with Gasteiger partial charge in [0, 0.05) is 16.5 Å². The summed E-state index contributed by atoms with van der Waals surface area (Å²) in [7, 11) is 0. The Hall–Kier alpha value is -1.06. The summed E-state index contributed by atoms with van der Waals surface area (Å²) in [6, 6.07) is 8.99. The summed E-state index contributed by atoms with van der Waals surface area (Å²) >= 11 is 9.27. The first kappa shape index (κ1) is 12.4. The summed E-state index contributed by atoms with van der Waals surface area (Å²) in [5.74, 6) is 1.07. The maximum atomic E-state index is 11.5. The molecule has 2 rings (SSSR count). The lowest BCUT2D eigenvalue weighted by Gasteiger charge is -2.00. The fourth-order valence-electron chi connectivity index (χ4n) is 1.47. The van der Waals surface area contributed by atoms with Crippen LogP contribution in [0, 0.1) is 0 Å². The van der Waals surface area contributed by atoms with E-state index in [1.54, 1.807) is 18.2 Å². The van der Waals surface area contributed by atoms with E-state index in [4.69, 9.17) is 16.0 Å². The summed E-state index contributed by atoms with van der Waals surface area (Å²) in [5, 5.41) is 0.644. The normalized spacial score (nSPS) is 10.5. The summed E-state index contributed by atoms with van der Waals surface area (Å²) < 4.78 is 6.31. The second-order valence-electron chi connectivity index (χ2n) is 3.57. The van der Waals surface area contributed by atoms with Crippen molar-refractivity contribution in [1.82, 2.24) is 0 Å². The number of hydrogen-bond donors (Lipinski definition) is 0. The molecule has 0 fully saturated rings. The lowest BCUT2D eigenvalue weighted by molar-refractivity contribution is 0.0962. The first-order valence-corrected chi connectivity index (χ1v) is 6.37. The Morgan fingerprint density at radius 2 is 2.12 bits per heavy atom. The standard InChI is InChI=1S/C13H10BrClO2/c1-2-11(16)13-6-5-12(17-13)8-3-4-10(15)9(14)7-8/h3-7H,2H2,1H3. The molecule has 0 aliphatic rings. The van der Waals surface area contributed by atoms with Crippen molar-refractivity contribution < 1.29 is 9.21 Å². The zero-order valence-electron chi connectivity index (χ0n) is 9.17. The molecular formula is C13H10BrClO2. The highest BCUT2D eigenvalue weighted by Crippen LogP contribution is 2.30.